The number of rotatable bonds is 9. The van der Waals surface area contributed by atoms with E-state index in [0.717, 1.165) is 32.1 Å². The van der Waals surface area contributed by atoms with Crippen LogP contribution < -0.4 is 0 Å². The standard InChI is InChI=1S/C19H32O/c1-7-19(14-17(5)18(6)20)13-9-12-16(4)11-8-10-15(2)3/h7,10,12,17H,8-9,11,13-14H2,1-6H3/b16-12+,19-7-. The lowest BCUT2D eigenvalue weighted by Gasteiger charge is -2.10. The molecular weight excluding hydrogens is 244 g/mol. The molecule has 1 unspecified atom stereocenters. The molecule has 0 aromatic heterocycles. The number of Topliss-reactive ketones (excluding diaryl/α,β-unsaturated/α-hetero) is 1. The quantitative estimate of drug-likeness (QED) is 0.470. The minimum absolute atomic E-state index is 0.156. The molecular formula is C19H32O. The average Bonchev–Trinajstić information content (AvgIpc) is 2.36. The minimum Gasteiger partial charge on any atom is -0.300 e. The maximum absolute atomic E-state index is 11.3. The van der Waals surface area contributed by atoms with E-state index in [1.807, 2.05) is 6.92 Å². The van der Waals surface area contributed by atoms with Crippen LogP contribution in [0.25, 0.3) is 0 Å². The Hall–Kier alpha value is -1.11. The number of hydrogen-bond donors (Lipinski definition) is 0. The number of ketones is 1. The molecule has 0 radical (unpaired) electrons. The zero-order valence-electron chi connectivity index (χ0n) is 14.3. The Labute approximate surface area is 125 Å². The molecule has 0 fully saturated rings. The van der Waals surface area contributed by atoms with E-state index in [1.165, 1.54) is 16.7 Å². The fourth-order valence-corrected chi connectivity index (χ4v) is 2.10. The molecule has 1 atom stereocenters. The topological polar surface area (TPSA) is 17.1 Å². The predicted octanol–water partition coefficient (Wildman–Crippen LogP) is 6.02. The van der Waals surface area contributed by atoms with Gasteiger partial charge in [-0.25, -0.2) is 0 Å². The Morgan fingerprint density at radius 2 is 1.60 bits per heavy atom. The highest BCUT2D eigenvalue weighted by molar-refractivity contribution is 5.78. The fourth-order valence-electron chi connectivity index (χ4n) is 2.10. The van der Waals surface area contributed by atoms with E-state index in [4.69, 9.17) is 0 Å². The largest absolute Gasteiger partial charge is 0.300 e. The van der Waals surface area contributed by atoms with E-state index in [-0.39, 0.29) is 11.7 Å². The third-order valence-corrected chi connectivity index (χ3v) is 3.72. The van der Waals surface area contributed by atoms with Crippen molar-refractivity contribution in [2.45, 2.75) is 73.6 Å². The normalized spacial score (nSPS) is 14.1. The van der Waals surface area contributed by atoms with Gasteiger partial charge >= 0.3 is 0 Å². The van der Waals surface area contributed by atoms with Crippen LogP contribution in [0.5, 0.6) is 0 Å². The van der Waals surface area contributed by atoms with Crippen LogP contribution in [0.1, 0.15) is 73.6 Å². The van der Waals surface area contributed by atoms with E-state index in [9.17, 15) is 4.79 Å². The Morgan fingerprint density at radius 3 is 2.10 bits per heavy atom. The molecule has 0 spiro atoms. The minimum atomic E-state index is 0.156. The van der Waals surface area contributed by atoms with Crippen molar-refractivity contribution in [1.82, 2.24) is 0 Å². The molecule has 1 heteroatoms. The first-order chi connectivity index (χ1) is 9.36. The second-order valence-corrected chi connectivity index (χ2v) is 6.07. The average molecular weight is 276 g/mol. The smallest absolute Gasteiger partial charge is 0.132 e. The SMILES string of the molecule is C/C=C(/CC/C=C(\C)CCC=C(C)C)CC(C)C(C)=O. The van der Waals surface area contributed by atoms with Crippen molar-refractivity contribution in [2.75, 3.05) is 0 Å². The first-order valence-corrected chi connectivity index (χ1v) is 7.80. The summed E-state index contributed by atoms with van der Waals surface area (Å²) in [4.78, 5) is 11.3. The zero-order valence-corrected chi connectivity index (χ0v) is 14.3. The first-order valence-electron chi connectivity index (χ1n) is 7.80. The summed E-state index contributed by atoms with van der Waals surface area (Å²) in [6.07, 6.45) is 12.2. The highest BCUT2D eigenvalue weighted by atomic mass is 16.1. The molecule has 0 aliphatic carbocycles. The molecule has 0 aliphatic heterocycles. The van der Waals surface area contributed by atoms with Gasteiger partial charge < -0.3 is 0 Å². The monoisotopic (exact) mass is 276 g/mol. The molecule has 0 bridgehead atoms. The van der Waals surface area contributed by atoms with Gasteiger partial charge in [-0.05, 0) is 66.7 Å². The summed E-state index contributed by atoms with van der Waals surface area (Å²) in [6.45, 7) is 12.3. The van der Waals surface area contributed by atoms with Crippen molar-refractivity contribution in [3.63, 3.8) is 0 Å². The van der Waals surface area contributed by atoms with Gasteiger partial charge in [-0.15, -0.1) is 0 Å². The molecule has 0 N–H and O–H groups in total. The molecule has 1 nitrogen and oxygen atoms in total. The van der Waals surface area contributed by atoms with Gasteiger partial charge in [0.25, 0.3) is 0 Å². The van der Waals surface area contributed by atoms with Gasteiger partial charge in [0.2, 0.25) is 0 Å². The maximum atomic E-state index is 11.3. The third-order valence-electron chi connectivity index (χ3n) is 3.72. The van der Waals surface area contributed by atoms with Crippen molar-refractivity contribution in [2.24, 2.45) is 5.92 Å². The third kappa shape index (κ3) is 9.77. The molecule has 0 rings (SSSR count). The van der Waals surface area contributed by atoms with Crippen LogP contribution in [0.2, 0.25) is 0 Å². The van der Waals surface area contributed by atoms with E-state index in [1.54, 1.807) is 6.92 Å². The molecule has 0 aromatic rings. The van der Waals surface area contributed by atoms with Crippen LogP contribution in [0, 0.1) is 5.92 Å². The van der Waals surface area contributed by atoms with E-state index >= 15 is 0 Å². The second-order valence-electron chi connectivity index (χ2n) is 6.07. The van der Waals surface area contributed by atoms with Crippen molar-refractivity contribution in [1.29, 1.82) is 0 Å². The summed E-state index contributed by atoms with van der Waals surface area (Å²) in [5.74, 6) is 0.446. The van der Waals surface area contributed by atoms with Crippen LogP contribution >= 0.6 is 0 Å². The molecule has 0 aromatic carbocycles. The van der Waals surface area contributed by atoms with Gasteiger partial charge in [-0.3, -0.25) is 4.79 Å². The predicted molar refractivity (Wildman–Crippen MR) is 89.9 cm³/mol. The van der Waals surface area contributed by atoms with Gasteiger partial charge in [-0.1, -0.05) is 41.9 Å². The maximum Gasteiger partial charge on any atom is 0.132 e. The lowest BCUT2D eigenvalue weighted by Crippen LogP contribution is -2.07. The van der Waals surface area contributed by atoms with Crippen LogP contribution in [0.4, 0.5) is 0 Å². The molecule has 114 valence electrons. The summed E-state index contributed by atoms with van der Waals surface area (Å²) in [5.41, 5.74) is 4.27. The van der Waals surface area contributed by atoms with Crippen LogP contribution in [-0.4, -0.2) is 5.78 Å². The number of allylic oxidation sites excluding steroid dienone is 6. The van der Waals surface area contributed by atoms with E-state index in [2.05, 4.69) is 45.9 Å². The highest BCUT2D eigenvalue weighted by Gasteiger charge is 2.09. The van der Waals surface area contributed by atoms with E-state index < -0.39 is 0 Å². The molecule has 20 heavy (non-hydrogen) atoms. The van der Waals surface area contributed by atoms with E-state index in [0.29, 0.717) is 0 Å². The van der Waals surface area contributed by atoms with Gasteiger partial charge in [0.1, 0.15) is 5.78 Å². The highest BCUT2D eigenvalue weighted by Crippen LogP contribution is 2.18. The van der Waals surface area contributed by atoms with Crippen LogP contribution in [0.15, 0.2) is 34.9 Å². The molecule has 0 aliphatic rings. The van der Waals surface area contributed by atoms with Gasteiger partial charge in [0.05, 0.1) is 0 Å². The summed E-state index contributed by atoms with van der Waals surface area (Å²) >= 11 is 0. The van der Waals surface area contributed by atoms with Crippen molar-refractivity contribution >= 4 is 5.78 Å². The zero-order chi connectivity index (χ0) is 15.5. The summed E-state index contributed by atoms with van der Waals surface area (Å²) in [7, 11) is 0. The molecule has 0 heterocycles. The number of carbonyl (C=O) groups excluding carboxylic acids is 1. The van der Waals surface area contributed by atoms with Gasteiger partial charge in [0.15, 0.2) is 0 Å². The first kappa shape index (κ1) is 18.9. The van der Waals surface area contributed by atoms with Crippen molar-refractivity contribution in [3.05, 3.63) is 34.9 Å². The van der Waals surface area contributed by atoms with Gasteiger partial charge in [-0.2, -0.15) is 0 Å². The Bertz CT molecular complexity index is 379. The Kier molecular flexibility index (Phi) is 10.1. The number of hydrogen-bond acceptors (Lipinski definition) is 1. The van der Waals surface area contributed by atoms with Crippen LogP contribution in [0.3, 0.4) is 0 Å². The Balaban J connectivity index is 4.12. The molecule has 0 saturated carbocycles. The Morgan fingerprint density at radius 1 is 1.00 bits per heavy atom. The fraction of sp³-hybridized carbons (Fsp3) is 0.632. The summed E-state index contributed by atoms with van der Waals surface area (Å²) in [6, 6.07) is 0. The van der Waals surface area contributed by atoms with Gasteiger partial charge in [0, 0.05) is 5.92 Å². The van der Waals surface area contributed by atoms with Crippen molar-refractivity contribution in [3.8, 4) is 0 Å². The molecule has 0 saturated heterocycles. The van der Waals surface area contributed by atoms with Crippen LogP contribution in [-0.2, 0) is 4.79 Å². The summed E-state index contributed by atoms with van der Waals surface area (Å²) in [5, 5.41) is 0. The lowest BCUT2D eigenvalue weighted by atomic mass is 9.94. The second kappa shape index (κ2) is 10.7. The van der Waals surface area contributed by atoms with Crippen molar-refractivity contribution < 1.29 is 4.79 Å². The summed E-state index contributed by atoms with van der Waals surface area (Å²) < 4.78 is 0. The molecule has 0 amide bonds. The number of carbonyl (C=O) groups is 1. The lowest BCUT2D eigenvalue weighted by molar-refractivity contribution is -0.120.